The van der Waals surface area contributed by atoms with E-state index in [-0.39, 0.29) is 11.7 Å². The number of aromatic nitrogens is 1. The number of carbonyl (C=O) groups excluding carboxylic acids is 1. The minimum absolute atomic E-state index is 0.150. The first kappa shape index (κ1) is 10.6. The van der Waals surface area contributed by atoms with Crippen LogP contribution < -0.4 is 0 Å². The van der Waals surface area contributed by atoms with Crippen molar-refractivity contribution in [2.24, 2.45) is 0 Å². The van der Waals surface area contributed by atoms with Gasteiger partial charge in [-0.15, -0.1) is 0 Å². The molecular weight excluding hydrogens is 198 g/mol. The fourth-order valence-electron chi connectivity index (χ4n) is 1.86. The van der Waals surface area contributed by atoms with E-state index in [1.54, 1.807) is 19.3 Å². The van der Waals surface area contributed by atoms with Crippen molar-refractivity contribution >= 4 is 5.78 Å². The maximum atomic E-state index is 11.7. The molecule has 1 heterocycles. The van der Waals surface area contributed by atoms with Gasteiger partial charge in [-0.2, -0.15) is 0 Å². The lowest BCUT2D eigenvalue weighted by molar-refractivity contribution is -0.117. The third-order valence-electron chi connectivity index (χ3n) is 2.58. The topological polar surface area (TPSA) is 30.0 Å². The Bertz CT molecular complexity index is 425. The van der Waals surface area contributed by atoms with Crippen LogP contribution in [0.4, 0.5) is 0 Å². The van der Waals surface area contributed by atoms with Crippen molar-refractivity contribution in [1.29, 1.82) is 0 Å². The molecule has 0 bridgehead atoms. The molecular formula is C14H13NO. The van der Waals surface area contributed by atoms with Crippen molar-refractivity contribution in [3.05, 3.63) is 66.0 Å². The Balaban J connectivity index is 2.44. The van der Waals surface area contributed by atoms with Crippen LogP contribution in [0.15, 0.2) is 54.9 Å². The smallest absolute Gasteiger partial charge is 0.141 e. The van der Waals surface area contributed by atoms with Gasteiger partial charge in [0.05, 0.1) is 5.92 Å². The highest BCUT2D eigenvalue weighted by Gasteiger charge is 2.18. The summed E-state index contributed by atoms with van der Waals surface area (Å²) in [5, 5.41) is 0. The van der Waals surface area contributed by atoms with Crippen LogP contribution in [0.2, 0.25) is 0 Å². The number of rotatable bonds is 3. The van der Waals surface area contributed by atoms with E-state index in [9.17, 15) is 4.79 Å². The van der Waals surface area contributed by atoms with Crippen LogP contribution in [0.25, 0.3) is 0 Å². The van der Waals surface area contributed by atoms with E-state index in [1.807, 2.05) is 42.5 Å². The van der Waals surface area contributed by atoms with E-state index in [1.165, 1.54) is 0 Å². The van der Waals surface area contributed by atoms with Crippen LogP contribution in [0.1, 0.15) is 24.0 Å². The maximum absolute atomic E-state index is 11.7. The molecule has 80 valence electrons. The monoisotopic (exact) mass is 211 g/mol. The van der Waals surface area contributed by atoms with Gasteiger partial charge >= 0.3 is 0 Å². The van der Waals surface area contributed by atoms with Crippen LogP contribution >= 0.6 is 0 Å². The number of carbonyl (C=O) groups is 1. The molecule has 1 aromatic carbocycles. The first-order chi connectivity index (χ1) is 7.79. The lowest BCUT2D eigenvalue weighted by Crippen LogP contribution is -2.10. The van der Waals surface area contributed by atoms with Crippen molar-refractivity contribution in [2.45, 2.75) is 12.8 Å². The number of benzene rings is 1. The first-order valence-corrected chi connectivity index (χ1v) is 5.24. The highest BCUT2D eigenvalue weighted by molar-refractivity contribution is 5.86. The van der Waals surface area contributed by atoms with Crippen LogP contribution in [0.5, 0.6) is 0 Å². The zero-order valence-electron chi connectivity index (χ0n) is 9.13. The second kappa shape index (κ2) is 4.71. The number of hydrogen-bond donors (Lipinski definition) is 0. The van der Waals surface area contributed by atoms with E-state index >= 15 is 0 Å². The number of pyridine rings is 1. The zero-order valence-corrected chi connectivity index (χ0v) is 9.13. The van der Waals surface area contributed by atoms with E-state index in [4.69, 9.17) is 0 Å². The lowest BCUT2D eigenvalue weighted by Gasteiger charge is -2.14. The Kier molecular flexibility index (Phi) is 3.10. The van der Waals surface area contributed by atoms with E-state index in [2.05, 4.69) is 4.98 Å². The van der Waals surface area contributed by atoms with Crippen LogP contribution in [-0.4, -0.2) is 10.8 Å². The number of hydrogen-bond acceptors (Lipinski definition) is 2. The van der Waals surface area contributed by atoms with E-state index < -0.39 is 0 Å². The largest absolute Gasteiger partial charge is 0.299 e. The normalized spacial score (nSPS) is 12.1. The third-order valence-corrected chi connectivity index (χ3v) is 2.58. The Morgan fingerprint density at radius 1 is 1.00 bits per heavy atom. The molecule has 2 nitrogen and oxygen atoms in total. The molecule has 1 unspecified atom stereocenters. The second-order valence-electron chi connectivity index (χ2n) is 3.73. The summed E-state index contributed by atoms with van der Waals surface area (Å²) in [4.78, 5) is 15.7. The molecule has 0 fully saturated rings. The molecule has 0 spiro atoms. The summed E-state index contributed by atoms with van der Waals surface area (Å²) in [6.45, 7) is 1.62. The summed E-state index contributed by atoms with van der Waals surface area (Å²) in [5.41, 5.74) is 2.02. The van der Waals surface area contributed by atoms with Gasteiger partial charge in [0.1, 0.15) is 5.78 Å². The molecule has 1 aromatic heterocycles. The van der Waals surface area contributed by atoms with Crippen LogP contribution in [0.3, 0.4) is 0 Å². The summed E-state index contributed by atoms with van der Waals surface area (Å²) in [6.07, 6.45) is 3.43. The van der Waals surface area contributed by atoms with Crippen molar-refractivity contribution in [1.82, 2.24) is 4.98 Å². The second-order valence-corrected chi connectivity index (χ2v) is 3.73. The fraction of sp³-hybridized carbons (Fsp3) is 0.143. The van der Waals surface area contributed by atoms with E-state index in [0.29, 0.717) is 0 Å². The van der Waals surface area contributed by atoms with Crippen molar-refractivity contribution < 1.29 is 4.79 Å². The van der Waals surface area contributed by atoms with Gasteiger partial charge in [0, 0.05) is 12.4 Å². The fourth-order valence-corrected chi connectivity index (χ4v) is 1.86. The number of nitrogens with zero attached hydrogens (tertiary/aromatic N) is 1. The highest BCUT2D eigenvalue weighted by atomic mass is 16.1. The molecule has 1 atom stereocenters. The van der Waals surface area contributed by atoms with Crippen molar-refractivity contribution in [3.63, 3.8) is 0 Å². The minimum Gasteiger partial charge on any atom is -0.299 e. The molecule has 2 rings (SSSR count). The minimum atomic E-state index is -0.177. The quantitative estimate of drug-likeness (QED) is 0.781. The molecule has 0 saturated carbocycles. The summed E-state index contributed by atoms with van der Waals surface area (Å²) in [6, 6.07) is 13.6. The van der Waals surface area contributed by atoms with Crippen LogP contribution in [-0.2, 0) is 4.79 Å². The Morgan fingerprint density at radius 3 is 2.12 bits per heavy atom. The Morgan fingerprint density at radius 2 is 1.56 bits per heavy atom. The molecule has 0 aliphatic rings. The highest BCUT2D eigenvalue weighted by Crippen LogP contribution is 2.24. The first-order valence-electron chi connectivity index (χ1n) is 5.24. The summed E-state index contributed by atoms with van der Waals surface area (Å²) >= 11 is 0. The molecule has 2 heteroatoms. The van der Waals surface area contributed by atoms with Gasteiger partial charge in [-0.1, -0.05) is 30.3 Å². The van der Waals surface area contributed by atoms with Gasteiger partial charge in [-0.05, 0) is 30.2 Å². The molecule has 2 aromatic rings. The average molecular weight is 211 g/mol. The average Bonchev–Trinajstić information content (AvgIpc) is 2.31. The van der Waals surface area contributed by atoms with Crippen molar-refractivity contribution in [2.75, 3.05) is 0 Å². The summed E-state index contributed by atoms with van der Waals surface area (Å²) in [5.74, 6) is -0.0263. The predicted molar refractivity (Wildman–Crippen MR) is 63.2 cm³/mol. The van der Waals surface area contributed by atoms with Gasteiger partial charge in [-0.3, -0.25) is 9.78 Å². The Hall–Kier alpha value is -1.96. The molecule has 0 saturated heterocycles. The SMILES string of the molecule is CC(=O)C(c1ccccc1)c1ccncc1. The lowest BCUT2D eigenvalue weighted by atomic mass is 9.89. The van der Waals surface area contributed by atoms with Crippen LogP contribution in [0, 0.1) is 0 Å². The van der Waals surface area contributed by atoms with Gasteiger partial charge in [0.2, 0.25) is 0 Å². The Labute approximate surface area is 95.0 Å². The zero-order chi connectivity index (χ0) is 11.4. The summed E-state index contributed by atoms with van der Waals surface area (Å²) in [7, 11) is 0. The van der Waals surface area contributed by atoms with Gasteiger partial charge in [-0.25, -0.2) is 0 Å². The maximum Gasteiger partial charge on any atom is 0.141 e. The standard InChI is InChI=1S/C14H13NO/c1-11(16)14(12-5-3-2-4-6-12)13-7-9-15-10-8-13/h2-10,14H,1H3. The molecule has 0 radical (unpaired) electrons. The molecule has 0 amide bonds. The van der Waals surface area contributed by atoms with E-state index in [0.717, 1.165) is 11.1 Å². The summed E-state index contributed by atoms with van der Waals surface area (Å²) < 4.78 is 0. The van der Waals surface area contributed by atoms with Gasteiger partial charge < -0.3 is 0 Å². The molecule has 16 heavy (non-hydrogen) atoms. The molecule has 0 aliphatic carbocycles. The van der Waals surface area contributed by atoms with Gasteiger partial charge in [0.25, 0.3) is 0 Å². The molecule has 0 N–H and O–H groups in total. The number of Topliss-reactive ketones (excluding diaryl/α,β-unsaturated/α-hetero) is 1. The van der Waals surface area contributed by atoms with Gasteiger partial charge in [0.15, 0.2) is 0 Å². The third kappa shape index (κ3) is 2.16. The number of ketones is 1. The molecule has 0 aliphatic heterocycles. The van der Waals surface area contributed by atoms with Crippen molar-refractivity contribution in [3.8, 4) is 0 Å². The predicted octanol–water partition coefficient (Wildman–Crippen LogP) is 2.80.